The average Bonchev–Trinajstić information content (AvgIpc) is 3.32. The molecule has 2 aromatic rings. The predicted molar refractivity (Wildman–Crippen MR) is 131 cm³/mol. The van der Waals surface area contributed by atoms with E-state index in [0.717, 1.165) is 50.0 Å². The SMILES string of the molecule is CCOc1cc(C(=O)OC(C)C(=O)N2CCc3ccccc32)ccc1OCC(=O)N1CCCCC1. The van der Waals surface area contributed by atoms with Gasteiger partial charge in [-0.3, -0.25) is 9.59 Å². The Morgan fingerprint density at radius 2 is 1.71 bits per heavy atom. The van der Waals surface area contributed by atoms with Crippen LogP contribution in [0.5, 0.6) is 11.5 Å². The molecule has 0 bridgehead atoms. The molecule has 186 valence electrons. The molecule has 0 N–H and O–H groups in total. The summed E-state index contributed by atoms with van der Waals surface area (Å²) in [6.45, 7) is 5.74. The Morgan fingerprint density at radius 3 is 2.49 bits per heavy atom. The van der Waals surface area contributed by atoms with Gasteiger partial charge in [0, 0.05) is 25.3 Å². The van der Waals surface area contributed by atoms with Crippen LogP contribution in [0.25, 0.3) is 0 Å². The maximum atomic E-state index is 12.9. The smallest absolute Gasteiger partial charge is 0.339 e. The molecule has 4 rings (SSSR count). The number of rotatable bonds is 8. The van der Waals surface area contributed by atoms with Gasteiger partial charge in [-0.1, -0.05) is 18.2 Å². The molecule has 1 fully saturated rings. The number of para-hydroxylation sites is 1. The van der Waals surface area contributed by atoms with E-state index in [1.165, 1.54) is 6.07 Å². The summed E-state index contributed by atoms with van der Waals surface area (Å²) in [6, 6.07) is 12.4. The van der Waals surface area contributed by atoms with E-state index in [-0.39, 0.29) is 24.0 Å². The molecule has 2 aliphatic rings. The van der Waals surface area contributed by atoms with Crippen LogP contribution in [-0.4, -0.2) is 61.6 Å². The van der Waals surface area contributed by atoms with Crippen molar-refractivity contribution in [1.82, 2.24) is 4.90 Å². The van der Waals surface area contributed by atoms with Crippen LogP contribution in [0.15, 0.2) is 42.5 Å². The van der Waals surface area contributed by atoms with Crippen molar-refractivity contribution >= 4 is 23.5 Å². The maximum absolute atomic E-state index is 12.9. The third kappa shape index (κ3) is 5.75. The summed E-state index contributed by atoms with van der Waals surface area (Å²) in [5.41, 5.74) is 2.21. The van der Waals surface area contributed by atoms with Gasteiger partial charge in [0.15, 0.2) is 24.2 Å². The first-order valence-corrected chi connectivity index (χ1v) is 12.3. The second-order valence-electron chi connectivity index (χ2n) is 8.74. The lowest BCUT2D eigenvalue weighted by Crippen LogP contribution is -2.39. The number of carbonyl (C=O) groups is 3. The number of esters is 1. The van der Waals surface area contributed by atoms with Crippen LogP contribution in [0.1, 0.15) is 49.0 Å². The summed E-state index contributed by atoms with van der Waals surface area (Å²) in [4.78, 5) is 41.7. The van der Waals surface area contributed by atoms with Crippen molar-refractivity contribution in [2.24, 2.45) is 0 Å². The third-order valence-corrected chi connectivity index (χ3v) is 6.32. The largest absolute Gasteiger partial charge is 0.490 e. The normalized spacial score (nSPS) is 15.8. The molecule has 2 aliphatic heterocycles. The molecule has 0 aromatic heterocycles. The number of anilines is 1. The van der Waals surface area contributed by atoms with E-state index in [1.807, 2.05) is 36.1 Å². The molecular weight excluding hydrogens is 448 g/mol. The van der Waals surface area contributed by atoms with Gasteiger partial charge in [-0.15, -0.1) is 0 Å². The number of carbonyl (C=O) groups excluding carboxylic acids is 3. The summed E-state index contributed by atoms with van der Waals surface area (Å²) in [7, 11) is 0. The number of amides is 2. The van der Waals surface area contributed by atoms with Crippen LogP contribution >= 0.6 is 0 Å². The third-order valence-electron chi connectivity index (χ3n) is 6.32. The fourth-order valence-corrected chi connectivity index (χ4v) is 4.46. The van der Waals surface area contributed by atoms with Crippen LogP contribution in [-0.2, 0) is 20.7 Å². The van der Waals surface area contributed by atoms with Gasteiger partial charge < -0.3 is 24.0 Å². The maximum Gasteiger partial charge on any atom is 0.339 e. The van der Waals surface area contributed by atoms with Crippen LogP contribution in [0.4, 0.5) is 5.69 Å². The topological polar surface area (TPSA) is 85.4 Å². The van der Waals surface area contributed by atoms with Crippen LogP contribution < -0.4 is 14.4 Å². The Bertz CT molecular complexity index is 1080. The van der Waals surface area contributed by atoms with Gasteiger partial charge in [-0.05, 0) is 69.4 Å². The van der Waals surface area contributed by atoms with Gasteiger partial charge in [-0.2, -0.15) is 0 Å². The predicted octanol–water partition coefficient (Wildman–Crippen LogP) is 3.61. The Balaban J connectivity index is 1.38. The highest BCUT2D eigenvalue weighted by molar-refractivity contribution is 6.00. The first kappa shape index (κ1) is 24.6. The van der Waals surface area contributed by atoms with Gasteiger partial charge in [0.1, 0.15) is 0 Å². The van der Waals surface area contributed by atoms with Gasteiger partial charge in [-0.25, -0.2) is 4.79 Å². The quantitative estimate of drug-likeness (QED) is 0.537. The van der Waals surface area contributed by atoms with Crippen molar-refractivity contribution in [1.29, 1.82) is 0 Å². The Morgan fingerprint density at radius 1 is 0.943 bits per heavy atom. The summed E-state index contributed by atoms with van der Waals surface area (Å²) < 4.78 is 16.9. The monoisotopic (exact) mass is 480 g/mol. The highest BCUT2D eigenvalue weighted by atomic mass is 16.5. The molecule has 0 spiro atoms. The van der Waals surface area contributed by atoms with E-state index in [0.29, 0.717) is 24.7 Å². The zero-order chi connectivity index (χ0) is 24.8. The number of nitrogens with zero attached hydrogens (tertiary/aromatic N) is 2. The average molecular weight is 481 g/mol. The van der Waals surface area contributed by atoms with Crippen molar-refractivity contribution < 1.29 is 28.6 Å². The van der Waals surface area contributed by atoms with Crippen LogP contribution in [0.3, 0.4) is 0 Å². The van der Waals surface area contributed by atoms with Crippen molar-refractivity contribution in [3.05, 3.63) is 53.6 Å². The minimum Gasteiger partial charge on any atom is -0.490 e. The standard InChI is InChI=1S/C27H32N2O6/c1-3-33-24-17-21(11-12-23(24)34-18-25(30)28-14-7-4-8-15-28)27(32)35-19(2)26(31)29-16-13-20-9-5-6-10-22(20)29/h5-6,9-12,17,19H,3-4,7-8,13-16,18H2,1-2H3. The summed E-state index contributed by atoms with van der Waals surface area (Å²) in [5.74, 6) is -0.224. The lowest BCUT2D eigenvalue weighted by Gasteiger charge is -2.26. The highest BCUT2D eigenvalue weighted by Gasteiger charge is 2.30. The first-order valence-electron chi connectivity index (χ1n) is 12.3. The highest BCUT2D eigenvalue weighted by Crippen LogP contribution is 2.30. The molecule has 1 saturated heterocycles. The molecule has 2 amide bonds. The van der Waals surface area contributed by atoms with Gasteiger partial charge in [0.05, 0.1) is 12.2 Å². The number of piperidine rings is 1. The molecule has 2 heterocycles. The zero-order valence-electron chi connectivity index (χ0n) is 20.3. The van der Waals surface area contributed by atoms with E-state index in [4.69, 9.17) is 14.2 Å². The fourth-order valence-electron chi connectivity index (χ4n) is 4.46. The molecule has 0 saturated carbocycles. The summed E-state index contributed by atoms with van der Waals surface area (Å²) in [6.07, 6.45) is 3.01. The molecular formula is C27H32N2O6. The molecule has 35 heavy (non-hydrogen) atoms. The fraction of sp³-hybridized carbons (Fsp3) is 0.444. The minimum absolute atomic E-state index is 0.0635. The van der Waals surface area contributed by atoms with Gasteiger partial charge in [0.25, 0.3) is 11.8 Å². The summed E-state index contributed by atoms with van der Waals surface area (Å²) >= 11 is 0. The molecule has 0 aliphatic carbocycles. The Labute approximate surface area is 205 Å². The van der Waals surface area contributed by atoms with Crippen LogP contribution in [0.2, 0.25) is 0 Å². The molecule has 1 atom stereocenters. The minimum atomic E-state index is -0.942. The number of benzene rings is 2. The van der Waals surface area contributed by atoms with Crippen LogP contribution in [0, 0.1) is 0 Å². The van der Waals surface area contributed by atoms with Crippen molar-refractivity contribution in [3.8, 4) is 11.5 Å². The molecule has 0 radical (unpaired) electrons. The first-order chi connectivity index (χ1) is 17.0. The molecule has 8 nitrogen and oxygen atoms in total. The van der Waals surface area contributed by atoms with E-state index in [1.54, 1.807) is 24.0 Å². The Kier molecular flexibility index (Phi) is 7.90. The van der Waals surface area contributed by atoms with E-state index in [9.17, 15) is 14.4 Å². The number of hydrogen-bond donors (Lipinski definition) is 0. The summed E-state index contributed by atoms with van der Waals surface area (Å²) in [5, 5.41) is 0. The van der Waals surface area contributed by atoms with E-state index >= 15 is 0 Å². The number of hydrogen-bond acceptors (Lipinski definition) is 6. The molecule has 1 unspecified atom stereocenters. The van der Waals surface area contributed by atoms with Gasteiger partial charge in [0.2, 0.25) is 0 Å². The number of likely N-dealkylation sites (tertiary alicyclic amines) is 1. The van der Waals surface area contributed by atoms with Crippen molar-refractivity contribution in [3.63, 3.8) is 0 Å². The zero-order valence-corrected chi connectivity index (χ0v) is 20.3. The van der Waals surface area contributed by atoms with Gasteiger partial charge >= 0.3 is 5.97 Å². The van der Waals surface area contributed by atoms with Crippen molar-refractivity contribution in [2.75, 3.05) is 37.7 Å². The molecule has 2 aromatic carbocycles. The van der Waals surface area contributed by atoms with E-state index in [2.05, 4.69) is 0 Å². The second-order valence-corrected chi connectivity index (χ2v) is 8.74. The number of ether oxygens (including phenoxy) is 3. The van der Waals surface area contributed by atoms with E-state index < -0.39 is 12.1 Å². The lowest BCUT2D eigenvalue weighted by molar-refractivity contribution is -0.134. The lowest BCUT2D eigenvalue weighted by atomic mass is 10.1. The van der Waals surface area contributed by atoms with Crippen molar-refractivity contribution in [2.45, 2.75) is 45.6 Å². The second kappa shape index (κ2) is 11.3. The number of fused-ring (bicyclic) bond motifs is 1. The Hall–Kier alpha value is -3.55. The molecule has 8 heteroatoms.